The van der Waals surface area contributed by atoms with E-state index >= 15 is 0 Å². The molecule has 0 atom stereocenters. The minimum Gasteiger partial charge on any atom is -0.367 e. The van der Waals surface area contributed by atoms with Gasteiger partial charge in [0.15, 0.2) is 5.65 Å². The van der Waals surface area contributed by atoms with E-state index in [0.717, 1.165) is 42.6 Å². The molecule has 0 amide bonds. The van der Waals surface area contributed by atoms with Crippen molar-refractivity contribution in [3.05, 3.63) is 46.8 Å². The molecule has 3 aromatic rings. The Balaban J connectivity index is 1.95. The maximum atomic E-state index is 5.06. The first-order chi connectivity index (χ1) is 12.6. The molecule has 4 heteroatoms. The molecule has 1 aromatic carbocycles. The zero-order chi connectivity index (χ0) is 18.3. The molecule has 4 nitrogen and oxygen atoms in total. The molecule has 0 aliphatic heterocycles. The quantitative estimate of drug-likeness (QED) is 0.697. The number of nitrogens with one attached hydrogen (secondary N) is 1. The van der Waals surface area contributed by atoms with Crippen LogP contribution in [0.5, 0.6) is 0 Å². The number of hydrogen-bond donors (Lipinski definition) is 1. The SMILES string of the molecule is CCC(CC)Nc1c2c(nc3c(-c4cccc(C)c4)c(C)nn13)CCC2. The minimum absolute atomic E-state index is 0.470. The van der Waals surface area contributed by atoms with Gasteiger partial charge < -0.3 is 5.32 Å². The smallest absolute Gasteiger partial charge is 0.165 e. The van der Waals surface area contributed by atoms with E-state index < -0.39 is 0 Å². The second kappa shape index (κ2) is 6.75. The summed E-state index contributed by atoms with van der Waals surface area (Å²) in [6.07, 6.45) is 5.58. The van der Waals surface area contributed by atoms with Gasteiger partial charge in [-0.1, -0.05) is 43.7 Å². The fourth-order valence-corrected chi connectivity index (χ4v) is 4.11. The van der Waals surface area contributed by atoms with Crippen molar-refractivity contribution >= 4 is 11.5 Å². The number of fused-ring (bicyclic) bond motifs is 2. The number of rotatable bonds is 5. The van der Waals surface area contributed by atoms with Crippen LogP contribution >= 0.6 is 0 Å². The molecule has 0 saturated heterocycles. The lowest BCUT2D eigenvalue weighted by Crippen LogP contribution is -2.21. The van der Waals surface area contributed by atoms with E-state index in [0.29, 0.717) is 6.04 Å². The highest BCUT2D eigenvalue weighted by Gasteiger charge is 2.24. The Morgan fingerprint density at radius 2 is 1.96 bits per heavy atom. The van der Waals surface area contributed by atoms with Gasteiger partial charge in [0.25, 0.3) is 0 Å². The third-order valence-electron chi connectivity index (χ3n) is 5.60. The first-order valence-corrected chi connectivity index (χ1v) is 9.87. The summed E-state index contributed by atoms with van der Waals surface area (Å²) in [5, 5.41) is 8.70. The van der Waals surface area contributed by atoms with Crippen LogP contribution in [0, 0.1) is 13.8 Å². The minimum atomic E-state index is 0.470. The number of anilines is 1. The predicted octanol–water partition coefficient (Wildman–Crippen LogP) is 5.10. The number of hydrogen-bond acceptors (Lipinski definition) is 3. The van der Waals surface area contributed by atoms with Gasteiger partial charge >= 0.3 is 0 Å². The Morgan fingerprint density at radius 1 is 1.15 bits per heavy atom. The molecule has 1 aliphatic carbocycles. The molecule has 2 aromatic heterocycles. The largest absolute Gasteiger partial charge is 0.367 e. The highest BCUT2D eigenvalue weighted by Crippen LogP contribution is 2.35. The first kappa shape index (κ1) is 17.1. The lowest BCUT2D eigenvalue weighted by atomic mass is 10.0. The Hall–Kier alpha value is -2.36. The van der Waals surface area contributed by atoms with Crippen LogP contribution < -0.4 is 5.32 Å². The average Bonchev–Trinajstić information content (AvgIpc) is 3.22. The van der Waals surface area contributed by atoms with Crippen molar-refractivity contribution in [1.82, 2.24) is 14.6 Å². The maximum Gasteiger partial charge on any atom is 0.165 e. The van der Waals surface area contributed by atoms with Crippen molar-refractivity contribution < 1.29 is 0 Å². The highest BCUT2D eigenvalue weighted by atomic mass is 15.3. The normalized spacial score (nSPS) is 13.6. The van der Waals surface area contributed by atoms with E-state index in [9.17, 15) is 0 Å². The predicted molar refractivity (Wildman–Crippen MR) is 108 cm³/mol. The lowest BCUT2D eigenvalue weighted by Gasteiger charge is -2.19. The molecule has 1 N–H and O–H groups in total. The van der Waals surface area contributed by atoms with Crippen LogP contribution in [0.4, 0.5) is 5.82 Å². The van der Waals surface area contributed by atoms with Crippen molar-refractivity contribution in [3.63, 3.8) is 0 Å². The summed E-state index contributed by atoms with van der Waals surface area (Å²) < 4.78 is 2.06. The van der Waals surface area contributed by atoms with Crippen LogP contribution in [-0.2, 0) is 12.8 Å². The summed E-state index contributed by atoms with van der Waals surface area (Å²) >= 11 is 0. The molecule has 136 valence electrons. The van der Waals surface area contributed by atoms with Crippen molar-refractivity contribution in [2.75, 3.05) is 5.32 Å². The third kappa shape index (κ3) is 2.77. The van der Waals surface area contributed by atoms with Gasteiger partial charge in [-0.15, -0.1) is 0 Å². The second-order valence-electron chi connectivity index (χ2n) is 7.46. The van der Waals surface area contributed by atoms with Gasteiger partial charge in [-0.05, 0) is 51.5 Å². The zero-order valence-corrected chi connectivity index (χ0v) is 16.3. The summed E-state index contributed by atoms with van der Waals surface area (Å²) in [6.45, 7) is 8.71. The van der Waals surface area contributed by atoms with E-state index in [-0.39, 0.29) is 0 Å². The molecule has 0 fully saturated rings. The summed E-state index contributed by atoms with van der Waals surface area (Å²) in [7, 11) is 0. The number of aryl methyl sites for hydroxylation is 3. The maximum absolute atomic E-state index is 5.06. The fraction of sp³-hybridized carbons (Fsp3) is 0.455. The van der Waals surface area contributed by atoms with Crippen LogP contribution in [0.15, 0.2) is 24.3 Å². The second-order valence-corrected chi connectivity index (χ2v) is 7.46. The van der Waals surface area contributed by atoms with Crippen LogP contribution in [-0.4, -0.2) is 20.6 Å². The van der Waals surface area contributed by atoms with Gasteiger partial charge in [0.1, 0.15) is 5.82 Å². The van der Waals surface area contributed by atoms with E-state index in [1.807, 2.05) is 0 Å². The van der Waals surface area contributed by atoms with E-state index in [2.05, 4.69) is 61.8 Å². The van der Waals surface area contributed by atoms with E-state index in [1.165, 1.54) is 34.6 Å². The number of nitrogens with zero attached hydrogens (tertiary/aromatic N) is 3. The van der Waals surface area contributed by atoms with Crippen molar-refractivity contribution in [1.29, 1.82) is 0 Å². The van der Waals surface area contributed by atoms with Crippen molar-refractivity contribution in [3.8, 4) is 11.1 Å². The van der Waals surface area contributed by atoms with Gasteiger partial charge in [-0.2, -0.15) is 9.61 Å². The highest BCUT2D eigenvalue weighted by molar-refractivity contribution is 5.81. The van der Waals surface area contributed by atoms with Crippen LogP contribution in [0.3, 0.4) is 0 Å². The van der Waals surface area contributed by atoms with Gasteiger partial charge in [-0.3, -0.25) is 0 Å². The molecule has 0 saturated carbocycles. The number of aromatic nitrogens is 3. The molecular formula is C22H28N4. The van der Waals surface area contributed by atoms with Crippen LogP contribution in [0.1, 0.15) is 55.6 Å². The fourth-order valence-electron chi connectivity index (χ4n) is 4.11. The zero-order valence-electron chi connectivity index (χ0n) is 16.3. The lowest BCUT2D eigenvalue weighted by molar-refractivity contribution is 0.661. The summed E-state index contributed by atoms with van der Waals surface area (Å²) in [5.74, 6) is 1.17. The molecule has 4 rings (SSSR count). The molecule has 0 unspecified atom stereocenters. The van der Waals surface area contributed by atoms with Gasteiger partial charge in [-0.25, -0.2) is 4.98 Å². The molecule has 0 bridgehead atoms. The van der Waals surface area contributed by atoms with E-state index in [4.69, 9.17) is 10.1 Å². The Labute approximate surface area is 155 Å². The third-order valence-corrected chi connectivity index (χ3v) is 5.60. The summed E-state index contributed by atoms with van der Waals surface area (Å²) in [5.41, 5.74) is 8.27. The summed E-state index contributed by atoms with van der Waals surface area (Å²) in [4.78, 5) is 5.06. The molecule has 0 radical (unpaired) electrons. The topological polar surface area (TPSA) is 42.2 Å². The Kier molecular flexibility index (Phi) is 4.43. The Bertz CT molecular complexity index is 950. The van der Waals surface area contributed by atoms with Crippen LogP contribution in [0.25, 0.3) is 16.8 Å². The molecule has 1 aliphatic rings. The molecular weight excluding hydrogens is 320 g/mol. The molecule has 26 heavy (non-hydrogen) atoms. The first-order valence-electron chi connectivity index (χ1n) is 9.87. The standard InChI is InChI=1S/C22H28N4/c1-5-17(6-2)23-21-18-11-8-12-19(18)24-22-20(15(4)25-26(21)22)16-10-7-9-14(3)13-16/h7,9-10,13,17,23H,5-6,8,11-12H2,1-4H3. The van der Waals surface area contributed by atoms with Gasteiger partial charge in [0, 0.05) is 22.9 Å². The molecule has 2 heterocycles. The Morgan fingerprint density at radius 3 is 2.69 bits per heavy atom. The van der Waals surface area contributed by atoms with Crippen molar-refractivity contribution in [2.45, 2.75) is 65.8 Å². The van der Waals surface area contributed by atoms with Crippen LogP contribution in [0.2, 0.25) is 0 Å². The van der Waals surface area contributed by atoms with Crippen molar-refractivity contribution in [2.24, 2.45) is 0 Å². The van der Waals surface area contributed by atoms with Gasteiger partial charge in [0.2, 0.25) is 0 Å². The summed E-state index contributed by atoms with van der Waals surface area (Å²) in [6, 6.07) is 9.12. The molecule has 0 spiro atoms. The monoisotopic (exact) mass is 348 g/mol. The average molecular weight is 348 g/mol. The van der Waals surface area contributed by atoms with Gasteiger partial charge in [0.05, 0.1) is 5.69 Å². The number of benzene rings is 1. The van der Waals surface area contributed by atoms with E-state index in [1.54, 1.807) is 0 Å².